The molecule has 2 N–H and O–H groups in total. The van der Waals surface area contributed by atoms with Gasteiger partial charge in [-0.1, -0.05) is 0 Å². The molecule has 0 saturated carbocycles. The standard InChI is InChI=1S/C12H20N4/c13-11-3-8-16(9-4-11)7-1-2-12-10-14-5-6-15-12/h5-6,10-11H,1-4,7-9,13H2. The number of aryl methyl sites for hydroxylation is 1. The highest BCUT2D eigenvalue weighted by atomic mass is 15.1. The molecule has 0 unspecified atom stereocenters. The lowest BCUT2D eigenvalue weighted by atomic mass is 10.1. The summed E-state index contributed by atoms with van der Waals surface area (Å²) in [5, 5.41) is 0. The first kappa shape index (κ1) is 11.5. The lowest BCUT2D eigenvalue weighted by Crippen LogP contribution is -2.40. The summed E-state index contributed by atoms with van der Waals surface area (Å²) in [6.07, 6.45) is 9.80. The van der Waals surface area contributed by atoms with Crippen molar-refractivity contribution >= 4 is 0 Å². The van der Waals surface area contributed by atoms with Crippen molar-refractivity contribution in [2.45, 2.75) is 31.7 Å². The van der Waals surface area contributed by atoms with Crippen LogP contribution >= 0.6 is 0 Å². The van der Waals surface area contributed by atoms with Crippen molar-refractivity contribution in [3.63, 3.8) is 0 Å². The molecule has 4 heteroatoms. The maximum absolute atomic E-state index is 5.87. The molecule has 0 aromatic carbocycles. The molecule has 0 spiro atoms. The molecule has 0 radical (unpaired) electrons. The van der Waals surface area contributed by atoms with E-state index in [9.17, 15) is 0 Å². The third-order valence-corrected chi connectivity index (χ3v) is 3.16. The molecule has 1 aromatic rings. The number of hydrogen-bond donors (Lipinski definition) is 1. The molecule has 1 fully saturated rings. The molecule has 1 aliphatic rings. The molecule has 2 heterocycles. The number of hydrogen-bond acceptors (Lipinski definition) is 4. The Balaban J connectivity index is 1.65. The van der Waals surface area contributed by atoms with Gasteiger partial charge >= 0.3 is 0 Å². The van der Waals surface area contributed by atoms with Crippen molar-refractivity contribution in [1.29, 1.82) is 0 Å². The number of nitrogens with two attached hydrogens (primary N) is 1. The second-order valence-electron chi connectivity index (χ2n) is 4.48. The smallest absolute Gasteiger partial charge is 0.0587 e. The van der Waals surface area contributed by atoms with Gasteiger partial charge < -0.3 is 10.6 Å². The SMILES string of the molecule is NC1CCN(CCCc2cnccn2)CC1. The number of rotatable bonds is 4. The fourth-order valence-electron chi connectivity index (χ4n) is 2.12. The monoisotopic (exact) mass is 220 g/mol. The lowest BCUT2D eigenvalue weighted by molar-refractivity contribution is 0.211. The van der Waals surface area contributed by atoms with Gasteiger partial charge in [0.05, 0.1) is 5.69 Å². The van der Waals surface area contributed by atoms with Crippen LogP contribution in [0.25, 0.3) is 0 Å². The molecule has 16 heavy (non-hydrogen) atoms. The fraction of sp³-hybridized carbons (Fsp3) is 0.667. The molecule has 1 aliphatic heterocycles. The Labute approximate surface area is 96.9 Å². The number of aromatic nitrogens is 2. The maximum Gasteiger partial charge on any atom is 0.0587 e. The number of nitrogens with zero attached hydrogens (tertiary/aromatic N) is 3. The summed E-state index contributed by atoms with van der Waals surface area (Å²) in [4.78, 5) is 10.8. The van der Waals surface area contributed by atoms with Gasteiger partial charge in [-0.2, -0.15) is 0 Å². The van der Waals surface area contributed by atoms with Gasteiger partial charge in [-0.25, -0.2) is 0 Å². The van der Waals surface area contributed by atoms with E-state index >= 15 is 0 Å². The summed E-state index contributed by atoms with van der Waals surface area (Å²) in [5.41, 5.74) is 6.97. The van der Waals surface area contributed by atoms with Crippen molar-refractivity contribution in [3.8, 4) is 0 Å². The summed E-state index contributed by atoms with van der Waals surface area (Å²) < 4.78 is 0. The van der Waals surface area contributed by atoms with Crippen molar-refractivity contribution in [2.24, 2.45) is 5.73 Å². The summed E-state index contributed by atoms with van der Waals surface area (Å²) in [6.45, 7) is 3.46. The van der Waals surface area contributed by atoms with Crippen LogP contribution in [0.2, 0.25) is 0 Å². The molecule has 0 amide bonds. The molecule has 88 valence electrons. The number of likely N-dealkylation sites (tertiary alicyclic amines) is 1. The first-order valence-electron chi connectivity index (χ1n) is 6.07. The van der Waals surface area contributed by atoms with Gasteiger partial charge in [0.25, 0.3) is 0 Å². The van der Waals surface area contributed by atoms with E-state index in [1.807, 2.05) is 6.20 Å². The molecule has 0 bridgehead atoms. The Bertz CT molecular complexity index is 293. The zero-order valence-electron chi connectivity index (χ0n) is 9.68. The second kappa shape index (κ2) is 5.92. The topological polar surface area (TPSA) is 55.0 Å². The molecule has 0 atom stereocenters. The Morgan fingerprint density at radius 1 is 1.31 bits per heavy atom. The summed E-state index contributed by atoms with van der Waals surface area (Å²) >= 11 is 0. The third-order valence-electron chi connectivity index (χ3n) is 3.16. The van der Waals surface area contributed by atoms with E-state index in [0.717, 1.165) is 51.0 Å². The van der Waals surface area contributed by atoms with Crippen molar-refractivity contribution < 1.29 is 0 Å². The first-order valence-corrected chi connectivity index (χ1v) is 6.07. The Morgan fingerprint density at radius 3 is 2.81 bits per heavy atom. The average Bonchev–Trinajstić information content (AvgIpc) is 2.33. The molecule has 0 aliphatic carbocycles. The minimum absolute atomic E-state index is 0.427. The Kier molecular flexibility index (Phi) is 4.25. The van der Waals surface area contributed by atoms with Crippen LogP contribution in [0.15, 0.2) is 18.6 Å². The van der Waals surface area contributed by atoms with E-state index in [4.69, 9.17) is 5.73 Å². The van der Waals surface area contributed by atoms with Gasteiger partial charge in [0.15, 0.2) is 0 Å². The average molecular weight is 220 g/mol. The zero-order valence-corrected chi connectivity index (χ0v) is 9.68. The molecule has 1 aromatic heterocycles. The first-order chi connectivity index (χ1) is 7.84. The van der Waals surface area contributed by atoms with Crippen LogP contribution in [0.5, 0.6) is 0 Å². The highest BCUT2D eigenvalue weighted by Gasteiger charge is 2.14. The van der Waals surface area contributed by atoms with E-state index < -0.39 is 0 Å². The molecule has 4 nitrogen and oxygen atoms in total. The largest absolute Gasteiger partial charge is 0.328 e. The van der Waals surface area contributed by atoms with E-state index in [-0.39, 0.29) is 0 Å². The predicted molar refractivity (Wildman–Crippen MR) is 64.0 cm³/mol. The quantitative estimate of drug-likeness (QED) is 0.816. The summed E-state index contributed by atoms with van der Waals surface area (Å²) in [6, 6.07) is 0.427. The van der Waals surface area contributed by atoms with Gasteiger partial charge in [0, 0.05) is 24.6 Å². The molecule has 1 saturated heterocycles. The Hall–Kier alpha value is -1.00. The van der Waals surface area contributed by atoms with Crippen LogP contribution in [-0.4, -0.2) is 40.5 Å². The maximum atomic E-state index is 5.87. The van der Waals surface area contributed by atoms with Crippen LogP contribution in [0.4, 0.5) is 0 Å². The minimum Gasteiger partial charge on any atom is -0.328 e. The van der Waals surface area contributed by atoms with Crippen molar-refractivity contribution in [3.05, 3.63) is 24.3 Å². The highest BCUT2D eigenvalue weighted by molar-refractivity contribution is 4.94. The fourth-order valence-corrected chi connectivity index (χ4v) is 2.12. The van der Waals surface area contributed by atoms with Gasteiger partial charge in [0.2, 0.25) is 0 Å². The van der Waals surface area contributed by atoms with E-state index in [0.29, 0.717) is 6.04 Å². The van der Waals surface area contributed by atoms with Crippen LogP contribution < -0.4 is 5.73 Å². The summed E-state index contributed by atoms with van der Waals surface area (Å²) in [5.74, 6) is 0. The second-order valence-corrected chi connectivity index (χ2v) is 4.48. The predicted octanol–water partition coefficient (Wildman–Crippen LogP) is 0.832. The van der Waals surface area contributed by atoms with Gasteiger partial charge in [0.1, 0.15) is 0 Å². The van der Waals surface area contributed by atoms with E-state index in [2.05, 4.69) is 14.9 Å². The van der Waals surface area contributed by atoms with Crippen LogP contribution in [-0.2, 0) is 6.42 Å². The van der Waals surface area contributed by atoms with Crippen LogP contribution in [0, 0.1) is 0 Å². The van der Waals surface area contributed by atoms with Crippen molar-refractivity contribution in [1.82, 2.24) is 14.9 Å². The number of piperidine rings is 1. The lowest BCUT2D eigenvalue weighted by Gasteiger charge is -2.29. The van der Waals surface area contributed by atoms with Gasteiger partial charge in [-0.15, -0.1) is 0 Å². The molecule has 2 rings (SSSR count). The van der Waals surface area contributed by atoms with Crippen molar-refractivity contribution in [2.75, 3.05) is 19.6 Å². The molecular formula is C12H20N4. The zero-order chi connectivity index (χ0) is 11.2. The highest BCUT2D eigenvalue weighted by Crippen LogP contribution is 2.09. The Morgan fingerprint density at radius 2 is 2.12 bits per heavy atom. The molecular weight excluding hydrogens is 200 g/mol. The van der Waals surface area contributed by atoms with E-state index in [1.54, 1.807) is 12.4 Å². The van der Waals surface area contributed by atoms with Crippen LogP contribution in [0.1, 0.15) is 25.0 Å². The van der Waals surface area contributed by atoms with Crippen LogP contribution in [0.3, 0.4) is 0 Å². The normalized spacial score (nSPS) is 18.8. The third kappa shape index (κ3) is 3.54. The minimum atomic E-state index is 0.427. The van der Waals surface area contributed by atoms with Gasteiger partial charge in [-0.05, 0) is 45.3 Å². The van der Waals surface area contributed by atoms with E-state index in [1.165, 1.54) is 0 Å². The summed E-state index contributed by atoms with van der Waals surface area (Å²) in [7, 11) is 0. The van der Waals surface area contributed by atoms with Gasteiger partial charge in [-0.3, -0.25) is 9.97 Å².